The molecule has 0 saturated heterocycles. The Morgan fingerprint density at radius 3 is 1.86 bits per heavy atom. The van der Waals surface area contributed by atoms with E-state index in [0.717, 1.165) is 88.8 Å². The molecule has 320 valence electrons. The van der Waals surface area contributed by atoms with Crippen LogP contribution < -0.4 is 0 Å². The molecular formula is C66H40N2S. The zero-order valence-corrected chi connectivity index (χ0v) is 38.3. The maximum atomic E-state index is 5.46. The quantitative estimate of drug-likeness (QED) is 0.156. The van der Waals surface area contributed by atoms with Gasteiger partial charge in [-0.25, -0.2) is 4.98 Å². The van der Waals surface area contributed by atoms with E-state index in [1.54, 1.807) is 0 Å². The SMILES string of the molecule is c1ccc2ccc(-c3ccc4c(c3)c3cc(-c5ccc6ccccc6c5)ccc3c3nc(-c5cccc(-c6ccc(-c7ccc(C8=C9Sc%10ccccc%10C9CC=C8)cc7)cc6)c5)cnc43)cc2c#1. The molecule has 12 aromatic rings. The van der Waals surface area contributed by atoms with Gasteiger partial charge in [-0.3, -0.25) is 4.98 Å². The van der Waals surface area contributed by atoms with Crippen molar-refractivity contribution < 1.29 is 0 Å². The van der Waals surface area contributed by atoms with Crippen LogP contribution in [0.1, 0.15) is 23.5 Å². The van der Waals surface area contributed by atoms with Gasteiger partial charge in [0.25, 0.3) is 0 Å². The topological polar surface area (TPSA) is 25.8 Å². The van der Waals surface area contributed by atoms with Crippen LogP contribution in [0.15, 0.2) is 234 Å². The third-order valence-corrected chi connectivity index (χ3v) is 15.6. The highest BCUT2D eigenvalue weighted by molar-refractivity contribution is 8.03. The Morgan fingerprint density at radius 2 is 1.06 bits per heavy atom. The molecule has 14 rings (SSSR count). The lowest BCUT2D eigenvalue weighted by atomic mass is 9.87. The maximum absolute atomic E-state index is 5.46. The van der Waals surface area contributed by atoms with Crippen molar-refractivity contribution in [1.82, 2.24) is 9.97 Å². The predicted octanol–water partition coefficient (Wildman–Crippen LogP) is 17.7. The molecule has 0 radical (unpaired) electrons. The lowest BCUT2D eigenvalue weighted by molar-refractivity contribution is 0.841. The molecule has 1 aliphatic heterocycles. The summed E-state index contributed by atoms with van der Waals surface area (Å²) < 4.78 is 0. The molecule has 69 heavy (non-hydrogen) atoms. The summed E-state index contributed by atoms with van der Waals surface area (Å²) in [6.45, 7) is 0. The van der Waals surface area contributed by atoms with Crippen LogP contribution in [0.3, 0.4) is 0 Å². The summed E-state index contributed by atoms with van der Waals surface area (Å²) in [5.41, 5.74) is 17.1. The molecule has 0 saturated carbocycles. The number of nitrogens with zero attached hydrogens (tertiary/aromatic N) is 2. The Bertz CT molecular complexity index is 4130. The highest BCUT2D eigenvalue weighted by Gasteiger charge is 2.31. The van der Waals surface area contributed by atoms with Gasteiger partial charge < -0.3 is 0 Å². The fraction of sp³-hybridized carbons (Fsp3) is 0.0303. The second kappa shape index (κ2) is 16.1. The molecule has 0 bridgehead atoms. The molecule has 1 aromatic heterocycles. The number of hydrogen-bond acceptors (Lipinski definition) is 3. The predicted molar refractivity (Wildman–Crippen MR) is 290 cm³/mol. The van der Waals surface area contributed by atoms with Gasteiger partial charge in [-0.05, 0) is 143 Å². The van der Waals surface area contributed by atoms with Gasteiger partial charge in [0, 0.05) is 37.4 Å². The van der Waals surface area contributed by atoms with Gasteiger partial charge >= 0.3 is 0 Å². The maximum Gasteiger partial charge on any atom is 0.0979 e. The zero-order valence-electron chi connectivity index (χ0n) is 37.4. The molecule has 1 unspecified atom stereocenters. The van der Waals surface area contributed by atoms with Crippen LogP contribution in [0.2, 0.25) is 0 Å². The van der Waals surface area contributed by atoms with Gasteiger partial charge in [-0.15, -0.1) is 0 Å². The molecule has 2 heterocycles. The first-order valence-corrected chi connectivity index (χ1v) is 24.4. The van der Waals surface area contributed by atoms with Crippen LogP contribution in [0, 0.1) is 12.1 Å². The van der Waals surface area contributed by atoms with E-state index >= 15 is 0 Å². The molecule has 2 aliphatic rings. The van der Waals surface area contributed by atoms with E-state index in [-0.39, 0.29) is 0 Å². The smallest absolute Gasteiger partial charge is 0.0979 e. The van der Waals surface area contributed by atoms with Crippen molar-refractivity contribution in [3.05, 3.63) is 253 Å². The first kappa shape index (κ1) is 39.6. The number of aromatic nitrogens is 2. The second-order valence-electron chi connectivity index (χ2n) is 18.3. The largest absolute Gasteiger partial charge is 0.252 e. The van der Waals surface area contributed by atoms with E-state index in [4.69, 9.17) is 9.97 Å². The van der Waals surface area contributed by atoms with E-state index in [1.165, 1.54) is 54.0 Å². The summed E-state index contributed by atoms with van der Waals surface area (Å²) >= 11 is 1.94. The van der Waals surface area contributed by atoms with Crippen molar-refractivity contribution in [3.63, 3.8) is 0 Å². The van der Waals surface area contributed by atoms with E-state index in [9.17, 15) is 0 Å². The van der Waals surface area contributed by atoms with E-state index < -0.39 is 0 Å². The Morgan fingerprint density at radius 1 is 0.449 bits per heavy atom. The van der Waals surface area contributed by atoms with Crippen LogP contribution in [0.4, 0.5) is 0 Å². The first-order valence-electron chi connectivity index (χ1n) is 23.6. The molecular weight excluding hydrogens is 853 g/mol. The fourth-order valence-corrected chi connectivity index (χ4v) is 12.1. The van der Waals surface area contributed by atoms with Gasteiger partial charge in [0.2, 0.25) is 0 Å². The second-order valence-corrected chi connectivity index (χ2v) is 19.4. The fourth-order valence-electron chi connectivity index (χ4n) is 10.7. The number of allylic oxidation sites excluding steroid dienone is 4. The van der Waals surface area contributed by atoms with Crippen LogP contribution in [0.5, 0.6) is 0 Å². The number of benzene rings is 10. The number of thioether (sulfide) groups is 1. The van der Waals surface area contributed by atoms with E-state index in [2.05, 4.69) is 224 Å². The number of fused-ring (bicyclic) bond motifs is 11. The molecule has 1 atom stereocenters. The van der Waals surface area contributed by atoms with Crippen molar-refractivity contribution in [2.24, 2.45) is 0 Å². The lowest BCUT2D eigenvalue weighted by Crippen LogP contribution is -2.00. The van der Waals surface area contributed by atoms with Crippen molar-refractivity contribution in [2.75, 3.05) is 0 Å². The molecule has 0 N–H and O–H groups in total. The third-order valence-electron chi connectivity index (χ3n) is 14.3. The molecule has 1 aliphatic carbocycles. The summed E-state index contributed by atoms with van der Waals surface area (Å²) in [5.74, 6) is 0.468. The Hall–Kier alpha value is -8.55. The van der Waals surface area contributed by atoms with Gasteiger partial charge in [-0.1, -0.05) is 194 Å². The van der Waals surface area contributed by atoms with E-state index in [1.807, 2.05) is 24.0 Å². The standard InChI is InChI=1S/C66H40N2S/c1-3-11-47-35-50(29-25-41(47)9-1)52-31-33-57-60(38-52)61-39-53(51-30-26-42-10-2-4-12-48(42)36-51)32-34-58(61)65-64(57)67-40-62(68-65)54-14-7-13-49(37-54)45-21-19-43(20-22-45)44-23-27-46(28-24-44)55-16-8-17-59-56-15-5-6-18-63(56)69-66(55)59/h1-2,4-10,12-16,18-40,59H,17H2. The monoisotopic (exact) mass is 892 g/mol. The molecule has 11 aromatic carbocycles. The Labute approximate surface area is 405 Å². The van der Waals surface area contributed by atoms with Crippen LogP contribution in [-0.2, 0) is 0 Å². The van der Waals surface area contributed by atoms with Gasteiger partial charge in [0.15, 0.2) is 0 Å². The molecule has 3 heteroatoms. The minimum atomic E-state index is 0.468. The first-order chi connectivity index (χ1) is 34.1. The summed E-state index contributed by atoms with van der Waals surface area (Å²) in [5, 5.41) is 9.12. The highest BCUT2D eigenvalue weighted by Crippen LogP contribution is 2.55. The third kappa shape index (κ3) is 6.83. The highest BCUT2D eigenvalue weighted by atomic mass is 32.2. The summed E-state index contributed by atoms with van der Waals surface area (Å²) in [7, 11) is 0. The lowest BCUT2D eigenvalue weighted by Gasteiger charge is -2.19. The minimum absolute atomic E-state index is 0.468. The molecule has 0 amide bonds. The van der Waals surface area contributed by atoms with Crippen LogP contribution >= 0.6 is 11.8 Å². The summed E-state index contributed by atoms with van der Waals surface area (Å²) in [6.07, 6.45) is 7.67. The number of rotatable bonds is 6. The molecule has 0 spiro atoms. The molecule has 0 fully saturated rings. The van der Waals surface area contributed by atoms with Gasteiger partial charge in [0.05, 0.1) is 22.9 Å². The zero-order chi connectivity index (χ0) is 45.4. The molecule has 2 nitrogen and oxygen atoms in total. The van der Waals surface area contributed by atoms with Crippen molar-refractivity contribution in [1.29, 1.82) is 0 Å². The van der Waals surface area contributed by atoms with Gasteiger partial charge in [0.1, 0.15) is 0 Å². The van der Waals surface area contributed by atoms with Gasteiger partial charge in [-0.2, -0.15) is 0 Å². The average molecular weight is 893 g/mol. The summed E-state index contributed by atoms with van der Waals surface area (Å²) in [6, 6.07) is 81.5. The Balaban J connectivity index is 0.813. The van der Waals surface area contributed by atoms with Crippen LogP contribution in [0.25, 0.3) is 115 Å². The van der Waals surface area contributed by atoms with E-state index in [0.29, 0.717) is 5.92 Å². The van der Waals surface area contributed by atoms with Crippen molar-refractivity contribution >= 4 is 71.5 Å². The van der Waals surface area contributed by atoms with Crippen molar-refractivity contribution in [3.8, 4) is 55.8 Å². The van der Waals surface area contributed by atoms with Crippen LogP contribution in [-0.4, -0.2) is 9.97 Å². The van der Waals surface area contributed by atoms with Crippen molar-refractivity contribution in [2.45, 2.75) is 17.2 Å². The average Bonchev–Trinajstić information content (AvgIpc) is 3.82. The normalized spacial score (nSPS) is 14.2. The Kier molecular flexibility index (Phi) is 9.22. The minimum Gasteiger partial charge on any atom is -0.252 e. The number of hydrogen-bond donors (Lipinski definition) is 0. The summed E-state index contributed by atoms with van der Waals surface area (Å²) in [4.78, 5) is 13.6.